The minimum absolute atomic E-state index is 0.0335. The number of benzene rings is 1. The van der Waals surface area contributed by atoms with Gasteiger partial charge >= 0.3 is 0 Å². The van der Waals surface area contributed by atoms with Crippen LogP contribution in [-0.2, 0) is 22.4 Å². The summed E-state index contributed by atoms with van der Waals surface area (Å²) >= 11 is 0. The Kier molecular flexibility index (Phi) is 4.92. The van der Waals surface area contributed by atoms with Gasteiger partial charge in [0.05, 0.1) is 6.26 Å². The summed E-state index contributed by atoms with van der Waals surface area (Å²) in [4.78, 5) is 30.0. The van der Waals surface area contributed by atoms with E-state index >= 15 is 0 Å². The van der Waals surface area contributed by atoms with E-state index in [1.54, 1.807) is 24.0 Å². The SMILES string of the molecule is CC(=O)N1CCCc2cc(NC(=O)CCc3nc(-c4ccco4)no3)ccc21. The average molecular weight is 380 g/mol. The van der Waals surface area contributed by atoms with Crippen molar-refractivity contribution in [3.05, 3.63) is 48.0 Å². The largest absolute Gasteiger partial charge is 0.461 e. The van der Waals surface area contributed by atoms with Crippen molar-refractivity contribution in [3.8, 4) is 11.6 Å². The van der Waals surface area contributed by atoms with Crippen LogP contribution in [0.1, 0.15) is 31.2 Å². The third-order valence-corrected chi connectivity index (χ3v) is 4.64. The van der Waals surface area contributed by atoms with Crippen molar-refractivity contribution < 1.29 is 18.5 Å². The summed E-state index contributed by atoms with van der Waals surface area (Å²) < 4.78 is 10.4. The fraction of sp³-hybridized carbons (Fsp3) is 0.300. The molecular formula is C20H20N4O4. The zero-order valence-corrected chi connectivity index (χ0v) is 15.5. The number of nitrogens with one attached hydrogen (secondary N) is 1. The molecule has 3 heterocycles. The molecule has 0 saturated carbocycles. The zero-order chi connectivity index (χ0) is 19.5. The van der Waals surface area contributed by atoms with Crippen molar-refractivity contribution in [3.63, 3.8) is 0 Å². The molecule has 144 valence electrons. The van der Waals surface area contributed by atoms with E-state index in [9.17, 15) is 9.59 Å². The summed E-state index contributed by atoms with van der Waals surface area (Å²) in [6, 6.07) is 9.13. The molecule has 2 aromatic heterocycles. The third kappa shape index (κ3) is 3.80. The third-order valence-electron chi connectivity index (χ3n) is 4.64. The number of nitrogens with zero attached hydrogens (tertiary/aromatic N) is 3. The Hall–Kier alpha value is -3.42. The van der Waals surface area contributed by atoms with Gasteiger partial charge in [0.15, 0.2) is 5.76 Å². The van der Waals surface area contributed by atoms with Gasteiger partial charge in [0, 0.05) is 37.7 Å². The first-order valence-electron chi connectivity index (χ1n) is 9.17. The van der Waals surface area contributed by atoms with Crippen molar-refractivity contribution in [2.45, 2.75) is 32.6 Å². The molecule has 1 aliphatic heterocycles. The zero-order valence-electron chi connectivity index (χ0n) is 15.5. The summed E-state index contributed by atoms with van der Waals surface area (Å²) in [5.74, 6) is 1.16. The van der Waals surface area contributed by atoms with Gasteiger partial charge in [-0.25, -0.2) is 0 Å². The Morgan fingerprint density at radius 2 is 2.18 bits per heavy atom. The van der Waals surface area contributed by atoms with Crippen molar-refractivity contribution in [1.82, 2.24) is 10.1 Å². The smallest absolute Gasteiger partial charge is 0.238 e. The minimum Gasteiger partial charge on any atom is -0.461 e. The lowest BCUT2D eigenvalue weighted by molar-refractivity contribution is -0.117. The van der Waals surface area contributed by atoms with Crippen LogP contribution in [0.3, 0.4) is 0 Å². The van der Waals surface area contributed by atoms with E-state index in [2.05, 4.69) is 15.5 Å². The number of rotatable bonds is 5. The van der Waals surface area contributed by atoms with Crippen LogP contribution in [0.25, 0.3) is 11.6 Å². The maximum atomic E-state index is 12.3. The van der Waals surface area contributed by atoms with Crippen molar-refractivity contribution in [2.24, 2.45) is 0 Å². The molecule has 0 saturated heterocycles. The molecule has 0 unspecified atom stereocenters. The van der Waals surface area contributed by atoms with E-state index < -0.39 is 0 Å². The van der Waals surface area contributed by atoms with Crippen LogP contribution in [0.4, 0.5) is 11.4 Å². The second kappa shape index (κ2) is 7.67. The molecule has 1 aromatic carbocycles. The highest BCUT2D eigenvalue weighted by molar-refractivity contribution is 5.94. The molecule has 0 spiro atoms. The van der Waals surface area contributed by atoms with Crippen molar-refractivity contribution >= 4 is 23.2 Å². The minimum atomic E-state index is -0.142. The summed E-state index contributed by atoms with van der Waals surface area (Å²) in [5.41, 5.74) is 2.71. The molecule has 1 N–H and O–H groups in total. The van der Waals surface area contributed by atoms with E-state index in [1.807, 2.05) is 18.2 Å². The van der Waals surface area contributed by atoms with E-state index in [0.29, 0.717) is 23.9 Å². The Balaban J connectivity index is 1.36. The second-order valence-electron chi connectivity index (χ2n) is 6.65. The predicted molar refractivity (Wildman–Crippen MR) is 102 cm³/mol. The molecule has 0 atom stereocenters. The Bertz CT molecular complexity index is 994. The van der Waals surface area contributed by atoms with Crippen LogP contribution in [0, 0.1) is 0 Å². The summed E-state index contributed by atoms with van der Waals surface area (Å²) in [7, 11) is 0. The number of carbonyl (C=O) groups is 2. The van der Waals surface area contributed by atoms with E-state index in [1.165, 1.54) is 6.26 Å². The molecule has 3 aromatic rings. The lowest BCUT2D eigenvalue weighted by Crippen LogP contribution is -2.33. The van der Waals surface area contributed by atoms with Crippen LogP contribution < -0.4 is 10.2 Å². The Morgan fingerprint density at radius 1 is 1.29 bits per heavy atom. The number of carbonyl (C=O) groups excluding carboxylic acids is 2. The normalized spacial score (nSPS) is 13.2. The van der Waals surface area contributed by atoms with Gasteiger partial charge in [-0.05, 0) is 48.7 Å². The highest BCUT2D eigenvalue weighted by Crippen LogP contribution is 2.29. The number of amides is 2. The first-order valence-corrected chi connectivity index (χ1v) is 9.17. The van der Waals surface area contributed by atoms with Gasteiger partial charge in [-0.1, -0.05) is 5.16 Å². The summed E-state index contributed by atoms with van der Waals surface area (Å²) in [6.07, 6.45) is 3.89. The number of hydrogen-bond acceptors (Lipinski definition) is 6. The maximum Gasteiger partial charge on any atom is 0.238 e. The maximum absolute atomic E-state index is 12.3. The number of aryl methyl sites for hydroxylation is 2. The molecule has 0 fully saturated rings. The fourth-order valence-electron chi connectivity index (χ4n) is 3.31. The van der Waals surface area contributed by atoms with Gasteiger partial charge in [-0.3, -0.25) is 9.59 Å². The number of aromatic nitrogens is 2. The number of furan rings is 1. The Labute approximate surface area is 161 Å². The van der Waals surface area contributed by atoms with E-state index in [4.69, 9.17) is 8.94 Å². The molecular weight excluding hydrogens is 360 g/mol. The molecule has 0 radical (unpaired) electrons. The topological polar surface area (TPSA) is 101 Å². The van der Waals surface area contributed by atoms with Gasteiger partial charge < -0.3 is 19.2 Å². The standard InChI is InChI=1S/C20H20N4O4/c1-13(25)24-10-2-4-14-12-15(6-7-16(14)24)21-18(26)8-9-19-22-20(23-28-19)17-5-3-11-27-17/h3,5-7,11-12H,2,4,8-10H2,1H3,(H,21,26). The lowest BCUT2D eigenvalue weighted by atomic mass is 10.0. The number of hydrogen-bond donors (Lipinski definition) is 1. The molecule has 28 heavy (non-hydrogen) atoms. The van der Waals surface area contributed by atoms with Crippen molar-refractivity contribution in [1.29, 1.82) is 0 Å². The monoisotopic (exact) mass is 380 g/mol. The molecule has 1 aliphatic rings. The first kappa shape index (κ1) is 18.0. The summed E-state index contributed by atoms with van der Waals surface area (Å²) in [6.45, 7) is 2.30. The highest BCUT2D eigenvalue weighted by Gasteiger charge is 2.20. The van der Waals surface area contributed by atoms with Crippen LogP contribution in [0.2, 0.25) is 0 Å². The molecule has 0 aliphatic carbocycles. The Morgan fingerprint density at radius 3 is 2.96 bits per heavy atom. The molecule has 8 nitrogen and oxygen atoms in total. The fourth-order valence-corrected chi connectivity index (χ4v) is 3.31. The highest BCUT2D eigenvalue weighted by atomic mass is 16.5. The van der Waals surface area contributed by atoms with Gasteiger partial charge in [0.1, 0.15) is 0 Å². The van der Waals surface area contributed by atoms with Crippen LogP contribution in [0.5, 0.6) is 0 Å². The number of anilines is 2. The average Bonchev–Trinajstić information content (AvgIpc) is 3.37. The quantitative estimate of drug-likeness (QED) is 0.729. The van der Waals surface area contributed by atoms with E-state index in [0.717, 1.165) is 36.3 Å². The van der Waals surface area contributed by atoms with E-state index in [-0.39, 0.29) is 18.2 Å². The van der Waals surface area contributed by atoms with Gasteiger partial charge in [0.2, 0.25) is 23.5 Å². The molecule has 8 heteroatoms. The molecule has 0 bridgehead atoms. The molecule has 2 amide bonds. The lowest BCUT2D eigenvalue weighted by Gasteiger charge is -2.29. The van der Waals surface area contributed by atoms with Crippen molar-refractivity contribution in [2.75, 3.05) is 16.8 Å². The predicted octanol–water partition coefficient (Wildman–Crippen LogP) is 3.20. The van der Waals surface area contributed by atoms with Crippen LogP contribution in [-0.4, -0.2) is 28.5 Å². The summed E-state index contributed by atoms with van der Waals surface area (Å²) in [5, 5.41) is 6.74. The van der Waals surface area contributed by atoms with Gasteiger partial charge in [0.25, 0.3) is 0 Å². The van der Waals surface area contributed by atoms with Gasteiger partial charge in [-0.2, -0.15) is 4.98 Å². The first-order chi connectivity index (χ1) is 13.6. The van der Waals surface area contributed by atoms with Crippen LogP contribution in [0.15, 0.2) is 45.5 Å². The number of fused-ring (bicyclic) bond motifs is 1. The second-order valence-corrected chi connectivity index (χ2v) is 6.65. The van der Waals surface area contributed by atoms with Crippen LogP contribution >= 0.6 is 0 Å². The van der Waals surface area contributed by atoms with Gasteiger partial charge in [-0.15, -0.1) is 0 Å². The molecule has 4 rings (SSSR count).